The highest BCUT2D eigenvalue weighted by Crippen LogP contribution is 2.26. The monoisotopic (exact) mass is 338 g/mol. The van der Waals surface area contributed by atoms with Crippen molar-refractivity contribution < 1.29 is 18.7 Å². The van der Waals surface area contributed by atoms with Gasteiger partial charge in [0.15, 0.2) is 0 Å². The smallest absolute Gasteiger partial charge is 0.337 e. The van der Waals surface area contributed by atoms with Gasteiger partial charge >= 0.3 is 12.0 Å². The number of ether oxygens (including phenoxy) is 1. The second-order valence-corrected chi connectivity index (χ2v) is 5.91. The van der Waals surface area contributed by atoms with Gasteiger partial charge < -0.3 is 15.4 Å². The molecule has 0 fully saturated rings. The molecule has 0 radical (unpaired) electrons. The van der Waals surface area contributed by atoms with Crippen molar-refractivity contribution in [2.75, 3.05) is 12.4 Å². The van der Waals surface area contributed by atoms with E-state index < -0.39 is 12.0 Å². The van der Waals surface area contributed by atoms with Gasteiger partial charge in [-0.3, -0.25) is 0 Å². The third kappa shape index (κ3) is 4.25. The van der Waals surface area contributed by atoms with E-state index in [1.165, 1.54) is 17.8 Å². The number of carbonyl (C=O) groups excluding carboxylic acids is 2. The number of hydrogen-bond donors (Lipinski definition) is 2. The van der Waals surface area contributed by atoms with Gasteiger partial charge in [0.1, 0.15) is 5.82 Å². The zero-order valence-electron chi connectivity index (χ0n) is 13.0. The Morgan fingerprint density at radius 1 is 1.35 bits per heavy atom. The van der Waals surface area contributed by atoms with E-state index in [0.29, 0.717) is 22.6 Å². The van der Waals surface area contributed by atoms with Crippen LogP contribution in [0.4, 0.5) is 9.18 Å². The van der Waals surface area contributed by atoms with E-state index in [-0.39, 0.29) is 24.2 Å². The fraction of sp³-hybridized carbons (Fsp3) is 0.375. The van der Waals surface area contributed by atoms with Crippen molar-refractivity contribution in [3.8, 4) is 0 Å². The first-order chi connectivity index (χ1) is 11.1. The molecular formula is C16H19FN2O3S. The minimum absolute atomic E-state index is 0.250. The van der Waals surface area contributed by atoms with Gasteiger partial charge in [-0.15, -0.1) is 11.8 Å². The lowest BCUT2D eigenvalue weighted by Gasteiger charge is -2.28. The Kier molecular flexibility index (Phi) is 6.04. The fourth-order valence-electron chi connectivity index (χ4n) is 2.29. The molecule has 5 nitrogen and oxygen atoms in total. The normalized spacial score (nSPS) is 17.5. The van der Waals surface area contributed by atoms with E-state index >= 15 is 0 Å². The van der Waals surface area contributed by atoms with Gasteiger partial charge in [-0.2, -0.15) is 0 Å². The molecule has 1 atom stereocenters. The summed E-state index contributed by atoms with van der Waals surface area (Å²) in [4.78, 5) is 24.4. The molecule has 0 saturated carbocycles. The summed E-state index contributed by atoms with van der Waals surface area (Å²) in [5.74, 6) is -0.516. The number of esters is 1. The Bertz CT molecular complexity index is 634. The maximum absolute atomic E-state index is 13.7. The third-order valence-electron chi connectivity index (χ3n) is 3.36. The van der Waals surface area contributed by atoms with Gasteiger partial charge in [0, 0.05) is 16.3 Å². The molecule has 124 valence electrons. The minimum atomic E-state index is -0.462. The molecule has 7 heteroatoms. The summed E-state index contributed by atoms with van der Waals surface area (Å²) in [6.45, 7) is 3.85. The molecule has 1 aliphatic heterocycles. The number of rotatable bonds is 6. The lowest BCUT2D eigenvalue weighted by molar-refractivity contribution is -0.139. The molecule has 0 aromatic heterocycles. The molecular weight excluding hydrogens is 319 g/mol. The summed E-state index contributed by atoms with van der Waals surface area (Å²) in [6.07, 6.45) is 0.565. The topological polar surface area (TPSA) is 67.4 Å². The van der Waals surface area contributed by atoms with E-state index in [1.807, 2.05) is 6.92 Å². The molecule has 2 N–H and O–H groups in total. The van der Waals surface area contributed by atoms with Crippen molar-refractivity contribution in [2.45, 2.75) is 31.2 Å². The number of carbonyl (C=O) groups is 2. The van der Waals surface area contributed by atoms with Crippen molar-refractivity contribution in [1.29, 1.82) is 0 Å². The molecule has 0 saturated heterocycles. The number of nitrogens with one attached hydrogen (secondary N) is 2. The second-order valence-electron chi connectivity index (χ2n) is 4.89. The van der Waals surface area contributed by atoms with Gasteiger partial charge in [-0.25, -0.2) is 14.0 Å². The van der Waals surface area contributed by atoms with Crippen LogP contribution in [0.3, 0.4) is 0 Å². The fourth-order valence-corrected chi connectivity index (χ4v) is 3.20. The van der Waals surface area contributed by atoms with Crippen LogP contribution in [0, 0.1) is 5.82 Å². The molecule has 0 unspecified atom stereocenters. The standard InChI is InChI=1S/C16H19FN2O3S/c1-3-11-14(15(20)22-4-2)12(19-16(21)18-11)9-23-13-8-6-5-7-10(13)17/h5-8,11H,3-4,9H2,1-2H3,(H2,18,19,21)/t11-/m1/s1. The minimum Gasteiger partial charge on any atom is -0.463 e. The molecule has 0 spiro atoms. The van der Waals surface area contributed by atoms with Crippen LogP contribution in [0.15, 0.2) is 40.4 Å². The van der Waals surface area contributed by atoms with Crippen LogP contribution in [0.1, 0.15) is 20.3 Å². The molecule has 2 rings (SSSR count). The predicted octanol–water partition coefficient (Wildman–Crippen LogP) is 2.83. The van der Waals surface area contributed by atoms with Crippen LogP contribution in [0.25, 0.3) is 0 Å². The van der Waals surface area contributed by atoms with Crippen molar-refractivity contribution >= 4 is 23.8 Å². The number of benzene rings is 1. The Labute approximate surface area is 138 Å². The Hall–Kier alpha value is -2.02. The van der Waals surface area contributed by atoms with Crippen LogP contribution in [-0.4, -0.2) is 30.4 Å². The van der Waals surface area contributed by atoms with Crippen LogP contribution in [-0.2, 0) is 9.53 Å². The van der Waals surface area contributed by atoms with E-state index in [9.17, 15) is 14.0 Å². The number of hydrogen-bond acceptors (Lipinski definition) is 4. The van der Waals surface area contributed by atoms with Crippen LogP contribution < -0.4 is 10.6 Å². The highest BCUT2D eigenvalue weighted by Gasteiger charge is 2.31. The summed E-state index contributed by atoms with van der Waals surface area (Å²) in [7, 11) is 0. The Balaban J connectivity index is 2.26. The number of halogens is 1. The summed E-state index contributed by atoms with van der Waals surface area (Å²) in [5.41, 5.74) is 0.866. The Morgan fingerprint density at radius 2 is 2.09 bits per heavy atom. The van der Waals surface area contributed by atoms with Gasteiger partial charge in [0.05, 0.1) is 18.2 Å². The van der Waals surface area contributed by atoms with Gasteiger partial charge in [0.2, 0.25) is 0 Å². The molecule has 1 heterocycles. The maximum Gasteiger partial charge on any atom is 0.337 e. The Morgan fingerprint density at radius 3 is 2.74 bits per heavy atom. The first kappa shape index (κ1) is 17.3. The highest BCUT2D eigenvalue weighted by atomic mass is 32.2. The summed E-state index contributed by atoms with van der Waals surface area (Å²) in [6, 6.07) is 5.61. The zero-order chi connectivity index (χ0) is 16.8. The maximum atomic E-state index is 13.7. The molecule has 1 aliphatic rings. The number of amides is 2. The second kappa shape index (κ2) is 8.01. The molecule has 23 heavy (non-hydrogen) atoms. The molecule has 1 aromatic carbocycles. The SMILES string of the molecule is CCOC(=O)C1=C(CSc2ccccc2F)NC(=O)N[C@@H]1CC. The lowest BCUT2D eigenvalue weighted by Crippen LogP contribution is -2.50. The average Bonchev–Trinajstić information content (AvgIpc) is 2.53. The van der Waals surface area contributed by atoms with E-state index in [0.717, 1.165) is 0 Å². The van der Waals surface area contributed by atoms with Gasteiger partial charge in [-0.1, -0.05) is 19.1 Å². The predicted molar refractivity (Wildman–Crippen MR) is 86.5 cm³/mol. The van der Waals surface area contributed by atoms with E-state index in [4.69, 9.17) is 4.74 Å². The number of thioether (sulfide) groups is 1. The molecule has 2 amide bonds. The third-order valence-corrected chi connectivity index (χ3v) is 4.43. The first-order valence-corrected chi connectivity index (χ1v) is 8.40. The van der Waals surface area contributed by atoms with E-state index in [2.05, 4.69) is 10.6 Å². The van der Waals surface area contributed by atoms with Gasteiger partial charge in [-0.05, 0) is 25.5 Å². The van der Waals surface area contributed by atoms with E-state index in [1.54, 1.807) is 25.1 Å². The van der Waals surface area contributed by atoms with Gasteiger partial charge in [0.25, 0.3) is 0 Å². The quantitative estimate of drug-likeness (QED) is 0.618. The highest BCUT2D eigenvalue weighted by molar-refractivity contribution is 7.99. The summed E-state index contributed by atoms with van der Waals surface area (Å²) in [5, 5.41) is 5.35. The van der Waals surface area contributed by atoms with Crippen molar-refractivity contribution in [1.82, 2.24) is 10.6 Å². The molecule has 0 aliphatic carbocycles. The van der Waals surface area contributed by atoms with Crippen molar-refractivity contribution in [3.63, 3.8) is 0 Å². The summed E-state index contributed by atoms with van der Waals surface area (Å²) < 4.78 is 18.8. The van der Waals surface area contributed by atoms with Crippen molar-refractivity contribution in [2.24, 2.45) is 0 Å². The summed E-state index contributed by atoms with van der Waals surface area (Å²) >= 11 is 1.22. The van der Waals surface area contributed by atoms with Crippen LogP contribution in [0.2, 0.25) is 0 Å². The molecule has 0 bridgehead atoms. The van der Waals surface area contributed by atoms with Crippen LogP contribution in [0.5, 0.6) is 0 Å². The largest absolute Gasteiger partial charge is 0.463 e. The molecule has 1 aromatic rings. The average molecular weight is 338 g/mol. The lowest BCUT2D eigenvalue weighted by atomic mass is 10.0. The first-order valence-electron chi connectivity index (χ1n) is 7.41. The van der Waals surface area contributed by atoms with Crippen molar-refractivity contribution in [3.05, 3.63) is 41.4 Å². The van der Waals surface area contributed by atoms with Crippen LogP contribution >= 0.6 is 11.8 Å². The zero-order valence-corrected chi connectivity index (χ0v) is 13.8. The number of urea groups is 1.